The van der Waals surface area contributed by atoms with Crippen molar-refractivity contribution in [1.29, 1.82) is 0 Å². The van der Waals surface area contributed by atoms with E-state index in [-0.39, 0.29) is 12.5 Å². The zero-order valence-corrected chi connectivity index (χ0v) is 21.9. The van der Waals surface area contributed by atoms with Gasteiger partial charge in [0, 0.05) is 19.5 Å². The lowest BCUT2D eigenvalue weighted by Crippen LogP contribution is -2.30. The summed E-state index contributed by atoms with van der Waals surface area (Å²) in [5, 5.41) is 2.94. The summed E-state index contributed by atoms with van der Waals surface area (Å²) in [7, 11) is 0. The fraction of sp³-hybridized carbons (Fsp3) is 0.355. The zero-order chi connectivity index (χ0) is 25.9. The summed E-state index contributed by atoms with van der Waals surface area (Å²) in [5.74, 6) is 3.09. The Bertz CT molecular complexity index is 1250. The first kappa shape index (κ1) is 26.3. The second-order valence-electron chi connectivity index (χ2n) is 9.50. The topological polar surface area (TPSA) is 65.4 Å². The molecule has 0 unspecified atom stereocenters. The average Bonchev–Trinajstić information content (AvgIpc) is 3.28. The maximum absolute atomic E-state index is 12.1. The lowest BCUT2D eigenvalue weighted by Gasteiger charge is -2.11. The van der Waals surface area contributed by atoms with Crippen LogP contribution in [0.2, 0.25) is 0 Å². The predicted octanol–water partition coefficient (Wildman–Crippen LogP) is 6.15. The maximum atomic E-state index is 12.1. The Morgan fingerprint density at radius 3 is 2.38 bits per heavy atom. The SMILES string of the molecule is CC(C)c1ccc(OCCCCn2c(CCCNC(=O)COc3ccccc3)nc3ccccc32)cc1. The van der Waals surface area contributed by atoms with Crippen molar-refractivity contribution in [1.82, 2.24) is 14.9 Å². The van der Waals surface area contributed by atoms with Crippen molar-refractivity contribution < 1.29 is 14.3 Å². The maximum Gasteiger partial charge on any atom is 0.257 e. The number of aryl methyl sites for hydroxylation is 2. The third kappa shape index (κ3) is 7.84. The lowest BCUT2D eigenvalue weighted by atomic mass is 10.0. The van der Waals surface area contributed by atoms with Crippen molar-refractivity contribution in [3.05, 3.63) is 90.3 Å². The first-order valence-corrected chi connectivity index (χ1v) is 13.2. The fourth-order valence-corrected chi connectivity index (χ4v) is 4.27. The first-order valence-electron chi connectivity index (χ1n) is 13.2. The van der Waals surface area contributed by atoms with Crippen molar-refractivity contribution in [2.24, 2.45) is 0 Å². The van der Waals surface area contributed by atoms with E-state index in [1.807, 2.05) is 36.4 Å². The Hall–Kier alpha value is -3.80. The minimum Gasteiger partial charge on any atom is -0.494 e. The number of hydrogen-bond acceptors (Lipinski definition) is 4. The fourth-order valence-electron chi connectivity index (χ4n) is 4.27. The molecule has 6 nitrogen and oxygen atoms in total. The molecule has 194 valence electrons. The molecule has 0 bridgehead atoms. The molecule has 1 aromatic heterocycles. The van der Waals surface area contributed by atoms with Crippen LogP contribution in [-0.2, 0) is 17.8 Å². The van der Waals surface area contributed by atoms with Gasteiger partial charge >= 0.3 is 0 Å². The molecule has 0 spiro atoms. The highest BCUT2D eigenvalue weighted by Crippen LogP contribution is 2.20. The molecular formula is C31H37N3O3. The van der Waals surface area contributed by atoms with Gasteiger partial charge in [0.1, 0.15) is 17.3 Å². The largest absolute Gasteiger partial charge is 0.494 e. The Labute approximate surface area is 219 Å². The van der Waals surface area contributed by atoms with Gasteiger partial charge in [-0.25, -0.2) is 4.98 Å². The summed E-state index contributed by atoms with van der Waals surface area (Å²) in [4.78, 5) is 17.0. The van der Waals surface area contributed by atoms with Crippen molar-refractivity contribution in [2.45, 2.75) is 52.0 Å². The van der Waals surface area contributed by atoms with Crippen LogP contribution < -0.4 is 14.8 Å². The van der Waals surface area contributed by atoms with Gasteiger partial charge in [-0.05, 0) is 67.1 Å². The highest BCUT2D eigenvalue weighted by atomic mass is 16.5. The second kappa shape index (κ2) is 13.5. The van der Waals surface area contributed by atoms with Gasteiger partial charge in [0.25, 0.3) is 5.91 Å². The summed E-state index contributed by atoms with van der Waals surface area (Å²) >= 11 is 0. The molecule has 1 amide bonds. The molecule has 3 aromatic carbocycles. The first-order chi connectivity index (χ1) is 18.1. The van der Waals surface area contributed by atoms with E-state index < -0.39 is 0 Å². The van der Waals surface area contributed by atoms with Crippen molar-refractivity contribution in [3.63, 3.8) is 0 Å². The molecule has 6 heteroatoms. The van der Waals surface area contributed by atoms with Gasteiger partial charge in [-0.15, -0.1) is 0 Å². The molecule has 1 N–H and O–H groups in total. The number of nitrogens with one attached hydrogen (secondary N) is 1. The van der Waals surface area contributed by atoms with Gasteiger partial charge in [-0.3, -0.25) is 4.79 Å². The van der Waals surface area contributed by atoms with Crippen LogP contribution in [0.1, 0.15) is 50.4 Å². The number of nitrogens with zero attached hydrogens (tertiary/aromatic N) is 2. The summed E-state index contributed by atoms with van der Waals surface area (Å²) in [5.41, 5.74) is 3.49. The van der Waals surface area contributed by atoms with E-state index in [2.05, 4.69) is 66.2 Å². The van der Waals surface area contributed by atoms with E-state index in [1.54, 1.807) is 0 Å². The minimum absolute atomic E-state index is 0.0203. The number of ether oxygens (including phenoxy) is 2. The van der Waals surface area contributed by atoms with E-state index in [1.165, 1.54) is 5.56 Å². The van der Waals surface area contributed by atoms with Crippen LogP contribution in [-0.4, -0.2) is 35.2 Å². The van der Waals surface area contributed by atoms with Crippen molar-refractivity contribution in [2.75, 3.05) is 19.8 Å². The number of unbranched alkanes of at least 4 members (excludes halogenated alkanes) is 1. The number of fused-ring (bicyclic) bond motifs is 1. The quantitative estimate of drug-likeness (QED) is 0.212. The number of para-hydroxylation sites is 3. The van der Waals surface area contributed by atoms with Crippen molar-refractivity contribution in [3.8, 4) is 11.5 Å². The Morgan fingerprint density at radius 2 is 1.59 bits per heavy atom. The van der Waals surface area contributed by atoms with E-state index in [4.69, 9.17) is 14.5 Å². The van der Waals surface area contributed by atoms with E-state index >= 15 is 0 Å². The Morgan fingerprint density at radius 1 is 0.865 bits per heavy atom. The number of imidazole rings is 1. The molecule has 0 aliphatic heterocycles. The summed E-state index contributed by atoms with van der Waals surface area (Å²) in [6.07, 6.45) is 3.59. The molecule has 4 rings (SSSR count). The van der Waals surface area contributed by atoms with Crippen LogP contribution in [0.4, 0.5) is 0 Å². The molecule has 1 heterocycles. The van der Waals surface area contributed by atoms with Crippen LogP contribution >= 0.6 is 0 Å². The molecular weight excluding hydrogens is 462 g/mol. The van der Waals surface area contributed by atoms with Crippen molar-refractivity contribution >= 4 is 16.9 Å². The van der Waals surface area contributed by atoms with Crippen LogP contribution in [0, 0.1) is 0 Å². The molecule has 0 atom stereocenters. The smallest absolute Gasteiger partial charge is 0.257 e. The minimum atomic E-state index is -0.115. The molecule has 0 saturated heterocycles. The average molecular weight is 500 g/mol. The number of hydrogen-bond donors (Lipinski definition) is 1. The zero-order valence-electron chi connectivity index (χ0n) is 21.9. The number of amides is 1. The van der Waals surface area contributed by atoms with Gasteiger partial charge < -0.3 is 19.4 Å². The summed E-state index contributed by atoms with van der Waals surface area (Å²) in [6.45, 7) is 6.59. The third-order valence-corrected chi connectivity index (χ3v) is 6.34. The second-order valence-corrected chi connectivity index (χ2v) is 9.50. The standard InChI is InChI=1S/C31H37N3O3/c1-24(2)25-16-18-27(19-17-25)36-22-9-8-21-34-29-14-7-6-13-28(29)33-30(34)15-10-20-32-31(35)23-37-26-11-4-3-5-12-26/h3-7,11-14,16-19,24H,8-10,15,20-23H2,1-2H3,(H,32,35). The van der Waals surface area contributed by atoms with E-state index in [0.29, 0.717) is 24.8 Å². The van der Waals surface area contributed by atoms with Gasteiger partial charge in [-0.2, -0.15) is 0 Å². The Balaban J connectivity index is 1.22. The molecule has 0 saturated carbocycles. The molecule has 0 aliphatic rings. The molecule has 37 heavy (non-hydrogen) atoms. The molecule has 0 fully saturated rings. The highest BCUT2D eigenvalue weighted by molar-refractivity contribution is 5.77. The highest BCUT2D eigenvalue weighted by Gasteiger charge is 2.11. The predicted molar refractivity (Wildman–Crippen MR) is 148 cm³/mol. The van der Waals surface area contributed by atoms with Gasteiger partial charge in [-0.1, -0.05) is 56.3 Å². The number of benzene rings is 3. The number of carbonyl (C=O) groups excluding carboxylic acids is 1. The lowest BCUT2D eigenvalue weighted by molar-refractivity contribution is -0.123. The van der Waals surface area contributed by atoms with Crippen LogP contribution in [0.5, 0.6) is 11.5 Å². The van der Waals surface area contributed by atoms with Gasteiger partial charge in [0.15, 0.2) is 6.61 Å². The number of aromatic nitrogens is 2. The molecule has 4 aromatic rings. The summed E-state index contributed by atoms with van der Waals surface area (Å²) in [6, 6.07) is 26.0. The van der Waals surface area contributed by atoms with E-state index in [9.17, 15) is 4.79 Å². The molecule has 0 aliphatic carbocycles. The molecule has 0 radical (unpaired) electrons. The normalized spacial score (nSPS) is 11.1. The van der Waals surface area contributed by atoms with E-state index in [0.717, 1.165) is 54.8 Å². The Kier molecular flexibility index (Phi) is 9.58. The number of rotatable bonds is 14. The van der Waals surface area contributed by atoms with Crippen LogP contribution in [0.3, 0.4) is 0 Å². The van der Waals surface area contributed by atoms with Gasteiger partial charge in [0.2, 0.25) is 0 Å². The van der Waals surface area contributed by atoms with Crippen LogP contribution in [0.25, 0.3) is 11.0 Å². The number of carbonyl (C=O) groups is 1. The third-order valence-electron chi connectivity index (χ3n) is 6.34. The summed E-state index contributed by atoms with van der Waals surface area (Å²) < 4.78 is 13.8. The van der Waals surface area contributed by atoms with Crippen LogP contribution in [0.15, 0.2) is 78.9 Å². The van der Waals surface area contributed by atoms with Gasteiger partial charge in [0.05, 0.1) is 17.6 Å². The monoisotopic (exact) mass is 499 g/mol.